The predicted octanol–water partition coefficient (Wildman–Crippen LogP) is 18.6. The molecule has 0 spiro atoms. The smallest absolute Gasteiger partial charge is 0.456 e. The molecule has 3 unspecified atom stereocenters. The number of quaternary nitrogens is 1. The molecule has 0 saturated heterocycles. The molecular formula is C64H116N2O7P+. The summed E-state index contributed by atoms with van der Waals surface area (Å²) < 4.78 is 30.6. The van der Waals surface area contributed by atoms with Crippen LogP contribution < -0.4 is 5.32 Å². The van der Waals surface area contributed by atoms with Crippen LogP contribution in [-0.4, -0.2) is 74.3 Å². The van der Waals surface area contributed by atoms with Crippen LogP contribution in [0.2, 0.25) is 0 Å². The molecule has 0 saturated carbocycles. The Morgan fingerprint density at radius 2 is 0.878 bits per heavy atom. The molecule has 0 radical (unpaired) electrons. The topological polar surface area (TPSA) is 111 Å². The van der Waals surface area contributed by atoms with E-state index in [1.54, 1.807) is 0 Å². The third kappa shape index (κ3) is 54.0. The van der Waals surface area contributed by atoms with E-state index < -0.39 is 25.9 Å². The molecule has 10 heteroatoms. The fourth-order valence-corrected chi connectivity index (χ4v) is 9.17. The van der Waals surface area contributed by atoms with Crippen LogP contribution in [0.1, 0.15) is 258 Å². The van der Waals surface area contributed by atoms with Gasteiger partial charge in [-0.2, -0.15) is 0 Å². The van der Waals surface area contributed by atoms with E-state index in [0.29, 0.717) is 23.9 Å². The Morgan fingerprint density at radius 1 is 0.486 bits per heavy atom. The van der Waals surface area contributed by atoms with Crippen LogP contribution >= 0.6 is 7.82 Å². The summed E-state index contributed by atoms with van der Waals surface area (Å²) in [5, 5.41) is 3.04. The van der Waals surface area contributed by atoms with Gasteiger partial charge in [-0.25, -0.2) is 4.57 Å². The minimum atomic E-state index is -4.46. The van der Waals surface area contributed by atoms with Crippen molar-refractivity contribution in [3.63, 3.8) is 0 Å². The first-order valence-electron chi connectivity index (χ1n) is 30.4. The molecule has 428 valence electrons. The van der Waals surface area contributed by atoms with Crippen molar-refractivity contribution in [2.24, 2.45) is 0 Å². The second-order valence-electron chi connectivity index (χ2n) is 21.5. The van der Waals surface area contributed by atoms with Gasteiger partial charge in [-0.3, -0.25) is 18.6 Å². The van der Waals surface area contributed by atoms with Crippen LogP contribution in [0.3, 0.4) is 0 Å². The number of carbonyl (C=O) groups is 2. The molecule has 0 bridgehead atoms. The van der Waals surface area contributed by atoms with Gasteiger partial charge in [0.25, 0.3) is 0 Å². The normalized spacial score (nSPS) is 14.3. The van der Waals surface area contributed by atoms with Crippen molar-refractivity contribution in [2.45, 2.75) is 270 Å². The number of ether oxygens (including phenoxy) is 1. The molecule has 0 fully saturated rings. The highest BCUT2D eigenvalue weighted by atomic mass is 31.2. The fourth-order valence-electron chi connectivity index (χ4n) is 8.44. The number of amides is 1. The third-order valence-corrected chi connectivity index (χ3v) is 14.1. The predicted molar refractivity (Wildman–Crippen MR) is 318 cm³/mol. The van der Waals surface area contributed by atoms with Crippen LogP contribution in [0, 0.1) is 0 Å². The Labute approximate surface area is 456 Å². The molecule has 1 amide bonds. The third-order valence-electron chi connectivity index (χ3n) is 13.1. The second-order valence-corrected chi connectivity index (χ2v) is 23.0. The van der Waals surface area contributed by atoms with E-state index in [1.807, 2.05) is 39.4 Å². The molecule has 0 aliphatic carbocycles. The number of esters is 1. The van der Waals surface area contributed by atoms with Crippen LogP contribution in [0.25, 0.3) is 0 Å². The number of unbranched alkanes of at least 4 members (excludes halogenated alkanes) is 26. The maximum atomic E-state index is 13.5. The van der Waals surface area contributed by atoms with E-state index in [4.69, 9.17) is 13.8 Å². The van der Waals surface area contributed by atoms with Gasteiger partial charge in [0.2, 0.25) is 5.91 Å². The standard InChI is InChI=1S/C64H115N2O7P/c1-7-10-13-16-19-22-25-28-30-32-33-35-37-39-42-45-48-51-54-57-64(68)73-62(55-52-49-46-43-40-27-24-21-18-15-12-9-3)61(60-72-74(69,70)71-59-58-66(4,5)6)65-63(67)56-53-50-47-44-41-38-36-34-31-29-26-23-20-17-14-11-8-2/h10,13,19,22,28,30,33,35,39,42,48,51-52,55,61-62H,7-9,11-12,14-18,20-21,23-27,29,31-32,34,36-38,40-41,43-47,49-50,53-54,56-60H2,1-6H3,(H-,65,67,69,70)/p+1/b13-10-,22-19-,30-28-,35-33-,42-39-,51-48-,55-52+. The molecule has 0 aromatic rings. The molecule has 2 N–H and O–H groups in total. The second kappa shape index (κ2) is 53.6. The Kier molecular flexibility index (Phi) is 51.5. The number of allylic oxidation sites excluding steroid dienone is 13. The van der Waals surface area contributed by atoms with Gasteiger partial charge in [0, 0.05) is 12.8 Å². The number of hydrogen-bond donors (Lipinski definition) is 2. The molecule has 0 aromatic carbocycles. The van der Waals surface area contributed by atoms with Gasteiger partial charge < -0.3 is 19.4 Å². The van der Waals surface area contributed by atoms with Gasteiger partial charge >= 0.3 is 13.8 Å². The van der Waals surface area contributed by atoms with Crippen molar-refractivity contribution in [1.29, 1.82) is 0 Å². The fraction of sp³-hybridized carbons (Fsp3) is 0.750. The summed E-state index contributed by atoms with van der Waals surface area (Å²) in [5.74, 6) is -0.600. The first-order chi connectivity index (χ1) is 35.9. The Morgan fingerprint density at radius 3 is 1.30 bits per heavy atom. The lowest BCUT2D eigenvalue weighted by Crippen LogP contribution is -2.47. The zero-order chi connectivity index (χ0) is 54.3. The minimum absolute atomic E-state index is 0.0272. The average Bonchev–Trinajstić information content (AvgIpc) is 3.36. The number of nitrogens with zero attached hydrogens (tertiary/aromatic N) is 1. The molecule has 0 heterocycles. The molecule has 74 heavy (non-hydrogen) atoms. The maximum Gasteiger partial charge on any atom is 0.472 e. The Balaban J connectivity index is 5.40. The highest BCUT2D eigenvalue weighted by Crippen LogP contribution is 2.43. The molecule has 0 rings (SSSR count). The molecule has 0 aliphatic heterocycles. The molecule has 0 aliphatic rings. The number of hydrogen-bond acceptors (Lipinski definition) is 6. The highest BCUT2D eigenvalue weighted by Gasteiger charge is 2.30. The molecule has 9 nitrogen and oxygen atoms in total. The van der Waals surface area contributed by atoms with E-state index in [2.05, 4.69) is 92.9 Å². The Bertz CT molecular complexity index is 1540. The SMILES string of the molecule is CC/C=C\C/C=C\C/C=C\C/C=C\C/C=C\C/C=C\CCC(=O)OC(/C=C/CCCCCCCCCCCC)C(COP(=O)(O)OCC[N+](C)(C)C)NC(=O)CCCCCCCCCCCCCCCCCCC. The van der Waals surface area contributed by atoms with E-state index in [-0.39, 0.29) is 25.5 Å². The summed E-state index contributed by atoms with van der Waals surface area (Å²) in [6.45, 7) is 6.86. The van der Waals surface area contributed by atoms with E-state index in [0.717, 1.165) is 77.0 Å². The van der Waals surface area contributed by atoms with Crippen molar-refractivity contribution in [3.05, 3.63) is 85.1 Å². The molecule has 0 aromatic heterocycles. The lowest BCUT2D eigenvalue weighted by atomic mass is 10.0. The Hall–Kier alpha value is -2.81. The van der Waals surface area contributed by atoms with Crippen LogP contribution in [0.5, 0.6) is 0 Å². The number of phosphoric acid groups is 1. The summed E-state index contributed by atoms with van der Waals surface area (Å²) in [5.41, 5.74) is 0. The van der Waals surface area contributed by atoms with Gasteiger partial charge in [0.1, 0.15) is 19.3 Å². The summed E-state index contributed by atoms with van der Waals surface area (Å²) >= 11 is 0. The van der Waals surface area contributed by atoms with E-state index in [1.165, 1.54) is 141 Å². The maximum absolute atomic E-state index is 13.5. The number of likely N-dealkylation sites (N-methyl/N-ethyl adjacent to an activating group) is 1. The van der Waals surface area contributed by atoms with Gasteiger partial charge in [-0.1, -0.05) is 260 Å². The average molecular weight is 1060 g/mol. The monoisotopic (exact) mass is 1060 g/mol. The summed E-state index contributed by atoms with van der Waals surface area (Å²) in [4.78, 5) is 37.6. The zero-order valence-electron chi connectivity index (χ0n) is 48.8. The largest absolute Gasteiger partial charge is 0.472 e. The van der Waals surface area contributed by atoms with Crippen molar-refractivity contribution in [2.75, 3.05) is 40.9 Å². The van der Waals surface area contributed by atoms with Crippen molar-refractivity contribution < 1.29 is 37.3 Å². The molecular weight excluding hydrogens is 940 g/mol. The molecule has 3 atom stereocenters. The number of phosphoric ester groups is 1. The lowest BCUT2D eigenvalue weighted by Gasteiger charge is -2.27. The van der Waals surface area contributed by atoms with E-state index >= 15 is 0 Å². The van der Waals surface area contributed by atoms with Gasteiger partial charge in [0.05, 0.1) is 33.8 Å². The summed E-state index contributed by atoms with van der Waals surface area (Å²) in [7, 11) is 1.46. The first-order valence-corrected chi connectivity index (χ1v) is 31.9. The highest BCUT2D eigenvalue weighted by molar-refractivity contribution is 7.47. The number of carbonyl (C=O) groups excluding carboxylic acids is 2. The van der Waals surface area contributed by atoms with Gasteiger partial charge in [0.15, 0.2) is 0 Å². The first kappa shape index (κ1) is 71.2. The van der Waals surface area contributed by atoms with Crippen LogP contribution in [0.15, 0.2) is 85.1 Å². The van der Waals surface area contributed by atoms with E-state index in [9.17, 15) is 19.0 Å². The van der Waals surface area contributed by atoms with Crippen molar-refractivity contribution in [1.82, 2.24) is 5.32 Å². The zero-order valence-corrected chi connectivity index (χ0v) is 49.7. The quantitative estimate of drug-likeness (QED) is 0.0205. The van der Waals surface area contributed by atoms with Crippen molar-refractivity contribution in [3.8, 4) is 0 Å². The van der Waals surface area contributed by atoms with Crippen LogP contribution in [-0.2, 0) is 27.9 Å². The summed E-state index contributed by atoms with van der Waals surface area (Å²) in [6, 6.07) is -0.880. The van der Waals surface area contributed by atoms with Crippen LogP contribution in [0.4, 0.5) is 0 Å². The lowest BCUT2D eigenvalue weighted by molar-refractivity contribution is -0.870. The minimum Gasteiger partial charge on any atom is -0.456 e. The number of nitrogens with one attached hydrogen (secondary N) is 1. The number of rotatable bonds is 54. The summed E-state index contributed by atoms with van der Waals surface area (Å²) in [6.07, 6.45) is 70.2. The van der Waals surface area contributed by atoms with Gasteiger partial charge in [-0.05, 0) is 70.3 Å². The van der Waals surface area contributed by atoms with Crippen molar-refractivity contribution >= 4 is 19.7 Å². The van der Waals surface area contributed by atoms with Gasteiger partial charge in [-0.15, -0.1) is 0 Å².